The van der Waals surface area contributed by atoms with Gasteiger partial charge in [0.1, 0.15) is 15.9 Å². The van der Waals surface area contributed by atoms with Gasteiger partial charge in [0.05, 0.1) is 12.3 Å². The Labute approximate surface area is 164 Å². The van der Waals surface area contributed by atoms with Crippen LogP contribution in [0.15, 0.2) is 24.3 Å². The van der Waals surface area contributed by atoms with E-state index in [9.17, 15) is 22.8 Å². The van der Waals surface area contributed by atoms with Gasteiger partial charge < -0.3 is 16.0 Å². The highest BCUT2D eigenvalue weighted by Crippen LogP contribution is 2.10. The summed E-state index contributed by atoms with van der Waals surface area (Å²) in [6, 6.07) is 4.84. The normalized spacial score (nSPS) is 12.3. The summed E-state index contributed by atoms with van der Waals surface area (Å²) in [6.45, 7) is 3.28. The SMILES string of the molecule is CC(C)NC(=O)CNC(=O)[C@@H](CCS(C)(=O)=O)NC(=O)c1ccc(Cl)cc1. The number of carbonyl (C=O) groups excluding carboxylic acids is 3. The maximum Gasteiger partial charge on any atom is 0.251 e. The maximum atomic E-state index is 12.3. The molecule has 0 radical (unpaired) electrons. The van der Waals surface area contributed by atoms with Crippen LogP contribution in [0.5, 0.6) is 0 Å². The van der Waals surface area contributed by atoms with Crippen LogP contribution < -0.4 is 16.0 Å². The van der Waals surface area contributed by atoms with E-state index >= 15 is 0 Å². The van der Waals surface area contributed by atoms with Crippen LogP contribution in [0.4, 0.5) is 0 Å². The molecule has 0 fully saturated rings. The molecule has 0 aliphatic rings. The number of benzene rings is 1. The van der Waals surface area contributed by atoms with Gasteiger partial charge in [0.15, 0.2) is 0 Å². The van der Waals surface area contributed by atoms with E-state index in [0.717, 1.165) is 6.26 Å². The summed E-state index contributed by atoms with van der Waals surface area (Å²) < 4.78 is 22.8. The molecule has 1 aromatic carbocycles. The molecule has 10 heteroatoms. The first kappa shape index (κ1) is 22.9. The monoisotopic (exact) mass is 417 g/mol. The summed E-state index contributed by atoms with van der Waals surface area (Å²) in [6.07, 6.45) is 0.925. The second-order valence-electron chi connectivity index (χ2n) is 6.39. The van der Waals surface area contributed by atoms with Gasteiger partial charge in [-0.25, -0.2) is 8.42 Å². The van der Waals surface area contributed by atoms with Crippen LogP contribution in [0.25, 0.3) is 0 Å². The van der Waals surface area contributed by atoms with Gasteiger partial charge in [0.25, 0.3) is 5.91 Å². The van der Waals surface area contributed by atoms with Crippen LogP contribution in [0.2, 0.25) is 5.02 Å². The zero-order chi connectivity index (χ0) is 20.6. The highest BCUT2D eigenvalue weighted by atomic mass is 35.5. The summed E-state index contributed by atoms with van der Waals surface area (Å²) >= 11 is 5.78. The van der Waals surface area contributed by atoms with Crippen molar-refractivity contribution in [2.75, 3.05) is 18.6 Å². The lowest BCUT2D eigenvalue weighted by molar-refractivity contribution is -0.127. The van der Waals surface area contributed by atoms with Crippen molar-refractivity contribution >= 4 is 39.2 Å². The summed E-state index contributed by atoms with van der Waals surface area (Å²) in [7, 11) is -3.33. The van der Waals surface area contributed by atoms with Crippen molar-refractivity contribution in [2.24, 2.45) is 0 Å². The van der Waals surface area contributed by atoms with Gasteiger partial charge in [0, 0.05) is 22.9 Å². The number of hydrogen-bond acceptors (Lipinski definition) is 5. The van der Waals surface area contributed by atoms with Gasteiger partial charge in [-0.2, -0.15) is 0 Å². The second-order valence-corrected chi connectivity index (χ2v) is 9.09. The smallest absolute Gasteiger partial charge is 0.251 e. The molecule has 3 N–H and O–H groups in total. The fourth-order valence-electron chi connectivity index (χ4n) is 2.11. The number of nitrogens with one attached hydrogen (secondary N) is 3. The minimum atomic E-state index is -3.33. The van der Waals surface area contributed by atoms with Crippen LogP contribution in [0.3, 0.4) is 0 Å². The molecular weight excluding hydrogens is 394 g/mol. The Morgan fingerprint density at radius 2 is 1.67 bits per heavy atom. The lowest BCUT2D eigenvalue weighted by atomic mass is 10.1. The van der Waals surface area contributed by atoms with Crippen molar-refractivity contribution in [2.45, 2.75) is 32.4 Å². The van der Waals surface area contributed by atoms with E-state index < -0.39 is 27.7 Å². The Morgan fingerprint density at radius 1 is 1.07 bits per heavy atom. The van der Waals surface area contributed by atoms with E-state index in [1.165, 1.54) is 24.3 Å². The predicted octanol–water partition coefficient (Wildman–Crippen LogP) is 0.514. The van der Waals surface area contributed by atoms with E-state index in [1.807, 2.05) is 0 Å². The molecule has 3 amide bonds. The van der Waals surface area contributed by atoms with Gasteiger partial charge in [0.2, 0.25) is 11.8 Å². The molecule has 0 saturated carbocycles. The van der Waals surface area contributed by atoms with Gasteiger partial charge in [-0.1, -0.05) is 11.6 Å². The number of carbonyl (C=O) groups is 3. The molecule has 1 aromatic rings. The average molecular weight is 418 g/mol. The number of amides is 3. The predicted molar refractivity (Wildman–Crippen MR) is 103 cm³/mol. The summed E-state index contributed by atoms with van der Waals surface area (Å²) in [4.78, 5) is 36.3. The van der Waals surface area contributed by atoms with Crippen LogP contribution in [-0.4, -0.2) is 56.8 Å². The quantitative estimate of drug-likeness (QED) is 0.540. The molecule has 0 heterocycles. The molecular formula is C17H24ClN3O5S. The third-order valence-electron chi connectivity index (χ3n) is 3.38. The topological polar surface area (TPSA) is 121 Å². The molecule has 27 heavy (non-hydrogen) atoms. The van der Waals surface area contributed by atoms with Crippen LogP contribution >= 0.6 is 11.6 Å². The van der Waals surface area contributed by atoms with Gasteiger partial charge in [-0.05, 0) is 44.5 Å². The molecule has 0 unspecified atom stereocenters. The van der Waals surface area contributed by atoms with Crippen LogP contribution in [-0.2, 0) is 19.4 Å². The van der Waals surface area contributed by atoms with E-state index in [1.54, 1.807) is 13.8 Å². The molecule has 0 aromatic heterocycles. The molecule has 8 nitrogen and oxygen atoms in total. The van der Waals surface area contributed by atoms with Crippen molar-refractivity contribution in [3.8, 4) is 0 Å². The number of rotatable bonds is 9. The number of hydrogen-bond donors (Lipinski definition) is 3. The van der Waals surface area contributed by atoms with Gasteiger partial charge in [-0.15, -0.1) is 0 Å². The first-order valence-corrected chi connectivity index (χ1v) is 10.7. The molecule has 0 aliphatic heterocycles. The Morgan fingerprint density at radius 3 is 2.19 bits per heavy atom. The molecule has 0 saturated heterocycles. The van der Waals surface area contributed by atoms with Crippen molar-refractivity contribution in [3.05, 3.63) is 34.9 Å². The zero-order valence-electron chi connectivity index (χ0n) is 15.4. The minimum absolute atomic E-state index is 0.0833. The van der Waals surface area contributed by atoms with Gasteiger partial charge >= 0.3 is 0 Å². The molecule has 1 atom stereocenters. The fourth-order valence-corrected chi connectivity index (χ4v) is 2.90. The van der Waals surface area contributed by atoms with Crippen molar-refractivity contribution in [1.29, 1.82) is 0 Å². The Bertz CT molecular complexity index is 778. The third kappa shape index (κ3) is 9.39. The lowest BCUT2D eigenvalue weighted by Crippen LogP contribution is -2.50. The summed E-state index contributed by atoms with van der Waals surface area (Å²) in [5.74, 6) is -1.86. The van der Waals surface area contributed by atoms with Crippen LogP contribution in [0.1, 0.15) is 30.6 Å². The van der Waals surface area contributed by atoms with E-state index in [2.05, 4.69) is 16.0 Å². The number of halogens is 1. The lowest BCUT2D eigenvalue weighted by Gasteiger charge is -2.18. The minimum Gasteiger partial charge on any atom is -0.352 e. The first-order chi connectivity index (χ1) is 12.5. The van der Waals surface area contributed by atoms with Gasteiger partial charge in [-0.3, -0.25) is 14.4 Å². The summed E-state index contributed by atoms with van der Waals surface area (Å²) in [5.41, 5.74) is 0.272. The largest absolute Gasteiger partial charge is 0.352 e. The Kier molecular flexibility index (Phi) is 8.71. The Hall–Kier alpha value is -2.13. The highest BCUT2D eigenvalue weighted by molar-refractivity contribution is 7.90. The Balaban J connectivity index is 2.79. The number of sulfone groups is 1. The van der Waals surface area contributed by atoms with E-state index in [-0.39, 0.29) is 36.2 Å². The van der Waals surface area contributed by atoms with Crippen molar-refractivity contribution in [3.63, 3.8) is 0 Å². The van der Waals surface area contributed by atoms with E-state index in [4.69, 9.17) is 11.6 Å². The van der Waals surface area contributed by atoms with Crippen LogP contribution in [0, 0.1) is 0 Å². The first-order valence-electron chi connectivity index (χ1n) is 8.29. The second kappa shape index (κ2) is 10.3. The summed E-state index contributed by atoms with van der Waals surface area (Å²) in [5, 5.41) is 7.98. The van der Waals surface area contributed by atoms with Crippen molar-refractivity contribution in [1.82, 2.24) is 16.0 Å². The average Bonchev–Trinajstić information content (AvgIpc) is 2.55. The van der Waals surface area contributed by atoms with Crippen molar-refractivity contribution < 1.29 is 22.8 Å². The third-order valence-corrected chi connectivity index (χ3v) is 4.61. The molecule has 0 bridgehead atoms. The molecule has 150 valence electrons. The highest BCUT2D eigenvalue weighted by Gasteiger charge is 2.23. The molecule has 1 rings (SSSR count). The molecule has 0 spiro atoms. The molecule has 0 aliphatic carbocycles. The zero-order valence-corrected chi connectivity index (χ0v) is 17.0. The standard InChI is InChI=1S/C17H24ClN3O5S/c1-11(2)20-15(22)10-19-17(24)14(8-9-27(3,25)26)21-16(23)12-4-6-13(18)7-5-12/h4-7,11,14H,8-10H2,1-3H3,(H,19,24)(H,20,22)(H,21,23)/t14-/m1/s1. The van der Waals surface area contributed by atoms with E-state index in [0.29, 0.717) is 5.02 Å². The fraction of sp³-hybridized carbons (Fsp3) is 0.471. The maximum absolute atomic E-state index is 12.3.